The summed E-state index contributed by atoms with van der Waals surface area (Å²) in [6.07, 6.45) is -0.254. The summed E-state index contributed by atoms with van der Waals surface area (Å²) >= 11 is 0. The first-order valence-corrected chi connectivity index (χ1v) is 8.81. The van der Waals surface area contributed by atoms with Crippen LogP contribution in [-0.4, -0.2) is 32.8 Å². The first-order chi connectivity index (χ1) is 14.4. The maximum absolute atomic E-state index is 13.3. The summed E-state index contributed by atoms with van der Waals surface area (Å²) in [6.45, 7) is 0. The molecule has 0 aliphatic rings. The second-order valence-corrected chi connectivity index (χ2v) is 6.38. The number of carbonyl (C=O) groups is 1. The summed E-state index contributed by atoms with van der Waals surface area (Å²) in [4.78, 5) is 24.5. The average molecular weight is 411 g/mol. The molecule has 2 heterocycles. The fourth-order valence-corrected chi connectivity index (χ4v) is 2.90. The number of hydrogen-bond acceptors (Lipinski definition) is 5. The number of ether oxygens (including phenoxy) is 1. The molecular formula is C20H15F2N5O3. The van der Waals surface area contributed by atoms with Crippen LogP contribution in [0.3, 0.4) is 0 Å². The number of hydrogen-bond donors (Lipinski definition) is 2. The van der Waals surface area contributed by atoms with Crippen LogP contribution >= 0.6 is 0 Å². The van der Waals surface area contributed by atoms with Gasteiger partial charge in [0.15, 0.2) is 17.5 Å². The maximum Gasteiger partial charge on any atom is 0.290 e. The van der Waals surface area contributed by atoms with Gasteiger partial charge >= 0.3 is 0 Å². The molecule has 2 aromatic carbocycles. The Morgan fingerprint density at radius 2 is 1.90 bits per heavy atom. The minimum Gasteiger partial charge on any atom is -0.497 e. The van der Waals surface area contributed by atoms with Crippen LogP contribution in [0.15, 0.2) is 53.3 Å². The summed E-state index contributed by atoms with van der Waals surface area (Å²) in [5.74, 6) is -1.78. The number of aromatic amines is 1. The third kappa shape index (κ3) is 3.75. The highest BCUT2D eigenvalue weighted by atomic mass is 19.2. The molecule has 0 saturated carbocycles. The van der Waals surface area contributed by atoms with Gasteiger partial charge in [-0.3, -0.25) is 9.59 Å². The highest BCUT2D eigenvalue weighted by Crippen LogP contribution is 2.22. The third-order valence-electron chi connectivity index (χ3n) is 4.38. The van der Waals surface area contributed by atoms with Gasteiger partial charge in [-0.1, -0.05) is 0 Å². The van der Waals surface area contributed by atoms with Crippen molar-refractivity contribution < 1.29 is 18.3 Å². The number of benzene rings is 2. The van der Waals surface area contributed by atoms with Crippen LogP contribution < -0.4 is 15.6 Å². The van der Waals surface area contributed by atoms with Crippen molar-refractivity contribution in [2.45, 2.75) is 6.42 Å². The number of halogens is 2. The maximum atomic E-state index is 13.3. The molecule has 0 bridgehead atoms. The second-order valence-electron chi connectivity index (χ2n) is 6.38. The molecule has 0 atom stereocenters. The monoisotopic (exact) mass is 411 g/mol. The van der Waals surface area contributed by atoms with Crippen molar-refractivity contribution in [1.82, 2.24) is 19.8 Å². The largest absolute Gasteiger partial charge is 0.497 e. The predicted molar refractivity (Wildman–Crippen MR) is 104 cm³/mol. The van der Waals surface area contributed by atoms with E-state index in [9.17, 15) is 18.4 Å². The van der Waals surface area contributed by atoms with Gasteiger partial charge < -0.3 is 10.1 Å². The van der Waals surface area contributed by atoms with Crippen LogP contribution in [0.4, 0.5) is 14.5 Å². The fourth-order valence-electron chi connectivity index (χ4n) is 2.90. The number of methoxy groups -OCH3 is 1. The number of nitrogens with zero attached hydrogens (tertiary/aromatic N) is 3. The lowest BCUT2D eigenvalue weighted by molar-refractivity contribution is -0.115. The second kappa shape index (κ2) is 7.74. The average Bonchev–Trinajstić information content (AvgIpc) is 3.19. The van der Waals surface area contributed by atoms with Crippen LogP contribution in [0.1, 0.15) is 5.82 Å². The van der Waals surface area contributed by atoms with E-state index in [2.05, 4.69) is 20.6 Å². The predicted octanol–water partition coefficient (Wildman–Crippen LogP) is 2.55. The minimum absolute atomic E-state index is 0.0963. The number of nitrogens with one attached hydrogen (secondary N) is 2. The Balaban J connectivity index is 1.63. The zero-order chi connectivity index (χ0) is 21.3. The normalized spacial score (nSPS) is 10.9. The Morgan fingerprint density at radius 3 is 2.60 bits per heavy atom. The highest BCUT2D eigenvalue weighted by Gasteiger charge is 2.15. The van der Waals surface area contributed by atoms with Crippen LogP contribution in [0.5, 0.6) is 5.75 Å². The van der Waals surface area contributed by atoms with Gasteiger partial charge in [0, 0.05) is 17.3 Å². The topological polar surface area (TPSA) is 101 Å². The minimum atomic E-state index is -1.08. The van der Waals surface area contributed by atoms with Crippen molar-refractivity contribution in [3.63, 3.8) is 0 Å². The molecule has 2 aromatic heterocycles. The van der Waals surface area contributed by atoms with E-state index in [-0.39, 0.29) is 23.4 Å². The molecule has 0 aliphatic carbocycles. The fraction of sp³-hybridized carbons (Fsp3) is 0.100. The van der Waals surface area contributed by atoms with Gasteiger partial charge in [-0.2, -0.15) is 10.2 Å². The van der Waals surface area contributed by atoms with Crippen molar-refractivity contribution in [3.8, 4) is 17.0 Å². The van der Waals surface area contributed by atoms with Gasteiger partial charge in [-0.15, -0.1) is 0 Å². The molecule has 1 amide bonds. The summed E-state index contributed by atoms with van der Waals surface area (Å²) in [6, 6.07) is 11.7. The van der Waals surface area contributed by atoms with Gasteiger partial charge in [0.05, 0.1) is 19.2 Å². The van der Waals surface area contributed by atoms with E-state index in [1.165, 1.54) is 10.6 Å². The van der Waals surface area contributed by atoms with Crippen molar-refractivity contribution in [3.05, 3.63) is 76.3 Å². The number of fused-ring (bicyclic) bond motifs is 1. The van der Waals surface area contributed by atoms with Gasteiger partial charge in [0.1, 0.15) is 11.3 Å². The Bertz CT molecular complexity index is 1300. The zero-order valence-electron chi connectivity index (χ0n) is 15.6. The van der Waals surface area contributed by atoms with E-state index in [4.69, 9.17) is 4.74 Å². The standard InChI is InChI=1S/C20H15F2N5O3/c1-30-13-5-2-11(3-6-13)16-9-17-20(29)25-24-18(27(17)26-16)10-19(28)23-12-4-7-14(21)15(22)8-12/h2-9H,10H2,1H3,(H,23,28)(H,25,29). The molecular weight excluding hydrogens is 396 g/mol. The lowest BCUT2D eigenvalue weighted by atomic mass is 10.1. The Labute approximate surface area is 168 Å². The third-order valence-corrected chi connectivity index (χ3v) is 4.38. The summed E-state index contributed by atoms with van der Waals surface area (Å²) < 4.78 is 32.8. The molecule has 0 fully saturated rings. The van der Waals surface area contributed by atoms with Crippen LogP contribution in [0, 0.1) is 11.6 Å². The lowest BCUT2D eigenvalue weighted by Gasteiger charge is -2.06. The number of anilines is 1. The van der Waals surface area contributed by atoms with E-state index < -0.39 is 23.1 Å². The molecule has 8 nitrogen and oxygen atoms in total. The Kier molecular flexibility index (Phi) is 4.97. The number of H-pyrrole nitrogens is 1. The molecule has 10 heteroatoms. The molecule has 4 rings (SSSR count). The van der Waals surface area contributed by atoms with E-state index in [0.717, 1.165) is 17.7 Å². The lowest BCUT2D eigenvalue weighted by Crippen LogP contribution is -2.22. The van der Waals surface area contributed by atoms with Crippen LogP contribution in [0.2, 0.25) is 0 Å². The molecule has 0 spiro atoms. The summed E-state index contributed by atoms with van der Waals surface area (Å²) in [5, 5.41) is 13.1. The Morgan fingerprint density at radius 1 is 1.13 bits per heavy atom. The molecule has 0 radical (unpaired) electrons. The van der Waals surface area contributed by atoms with E-state index in [1.54, 1.807) is 37.4 Å². The molecule has 30 heavy (non-hydrogen) atoms. The zero-order valence-corrected chi connectivity index (χ0v) is 15.6. The number of aromatic nitrogens is 4. The van der Waals surface area contributed by atoms with Gasteiger partial charge in [-0.25, -0.2) is 18.4 Å². The first-order valence-electron chi connectivity index (χ1n) is 8.81. The van der Waals surface area contributed by atoms with Crippen molar-refractivity contribution >= 4 is 17.1 Å². The summed E-state index contributed by atoms with van der Waals surface area (Å²) in [7, 11) is 1.56. The molecule has 0 saturated heterocycles. The van der Waals surface area contributed by atoms with E-state index in [1.807, 2.05) is 0 Å². The van der Waals surface area contributed by atoms with E-state index >= 15 is 0 Å². The van der Waals surface area contributed by atoms with Crippen LogP contribution in [-0.2, 0) is 11.2 Å². The van der Waals surface area contributed by atoms with Crippen molar-refractivity contribution in [1.29, 1.82) is 0 Å². The van der Waals surface area contributed by atoms with Crippen molar-refractivity contribution in [2.75, 3.05) is 12.4 Å². The highest BCUT2D eigenvalue weighted by molar-refractivity contribution is 5.91. The van der Waals surface area contributed by atoms with Crippen LogP contribution in [0.25, 0.3) is 16.8 Å². The van der Waals surface area contributed by atoms with Gasteiger partial charge in [-0.05, 0) is 42.5 Å². The Hall–Kier alpha value is -4.08. The molecule has 4 aromatic rings. The van der Waals surface area contributed by atoms with E-state index in [0.29, 0.717) is 11.4 Å². The SMILES string of the molecule is COc1ccc(-c2cc3c(=O)[nH]nc(CC(=O)Nc4ccc(F)c(F)c4)n3n2)cc1. The van der Waals surface area contributed by atoms with Crippen molar-refractivity contribution in [2.24, 2.45) is 0 Å². The number of carbonyl (C=O) groups excluding carboxylic acids is 1. The molecule has 2 N–H and O–H groups in total. The summed E-state index contributed by atoms with van der Waals surface area (Å²) in [5.41, 5.74) is 1.10. The first kappa shape index (κ1) is 19.2. The molecule has 0 unspecified atom stereocenters. The molecule has 152 valence electrons. The molecule has 0 aliphatic heterocycles. The number of rotatable bonds is 5. The smallest absolute Gasteiger partial charge is 0.290 e. The quantitative estimate of drug-likeness (QED) is 0.526. The van der Waals surface area contributed by atoms with Gasteiger partial charge in [0.25, 0.3) is 5.56 Å². The van der Waals surface area contributed by atoms with Gasteiger partial charge in [0.2, 0.25) is 5.91 Å². The number of amides is 1.